The van der Waals surface area contributed by atoms with Crippen molar-refractivity contribution < 1.29 is 14.6 Å². The van der Waals surface area contributed by atoms with E-state index < -0.39 is 5.60 Å². The van der Waals surface area contributed by atoms with Crippen LogP contribution in [0, 0.1) is 13.5 Å². The lowest BCUT2D eigenvalue weighted by Crippen LogP contribution is -2.40. The van der Waals surface area contributed by atoms with Gasteiger partial charge in [0.15, 0.2) is 17.2 Å². The highest BCUT2D eigenvalue weighted by atomic mass is 16.5. The number of Topliss-reactive ketones (excluding diaryl/α,β-unsaturated/α-hetero) is 1. The maximum Gasteiger partial charge on any atom is 0.190 e. The van der Waals surface area contributed by atoms with Crippen LogP contribution in [0.3, 0.4) is 0 Å². The number of aryl methyl sites for hydroxylation is 1. The lowest BCUT2D eigenvalue weighted by atomic mass is 9.94. The molecule has 0 aliphatic carbocycles. The van der Waals surface area contributed by atoms with E-state index in [9.17, 15) is 9.90 Å². The van der Waals surface area contributed by atoms with Crippen LogP contribution >= 0.6 is 0 Å². The van der Waals surface area contributed by atoms with Gasteiger partial charge in [0.2, 0.25) is 0 Å². The minimum absolute atomic E-state index is 0.0499. The van der Waals surface area contributed by atoms with Crippen molar-refractivity contribution in [2.24, 2.45) is 0 Å². The fourth-order valence-corrected chi connectivity index (χ4v) is 2.27. The molecule has 1 aromatic heterocycles. The van der Waals surface area contributed by atoms with Crippen LogP contribution in [0.2, 0.25) is 0 Å². The molecule has 1 N–H and O–H groups in total. The number of nitrogens with zero attached hydrogens (tertiary/aromatic N) is 3. The average Bonchev–Trinajstić information content (AvgIpc) is 2.94. The lowest BCUT2D eigenvalue weighted by molar-refractivity contribution is -0.136. The minimum atomic E-state index is -1.54. The number of aromatic nitrogens is 2. The van der Waals surface area contributed by atoms with E-state index in [2.05, 4.69) is 9.94 Å². The summed E-state index contributed by atoms with van der Waals surface area (Å²) in [7, 11) is 1.53. The molecule has 6 nitrogen and oxygen atoms in total. The molecular formula is C17H19N3O3. The summed E-state index contributed by atoms with van der Waals surface area (Å²) in [6.07, 6.45) is 3.24. The van der Waals surface area contributed by atoms with Crippen LogP contribution in [0.1, 0.15) is 18.1 Å². The van der Waals surface area contributed by atoms with E-state index in [4.69, 9.17) is 11.3 Å². The van der Waals surface area contributed by atoms with Crippen molar-refractivity contribution in [3.63, 3.8) is 0 Å². The smallest absolute Gasteiger partial charge is 0.190 e. The van der Waals surface area contributed by atoms with Crippen LogP contribution in [-0.2, 0) is 17.8 Å². The lowest BCUT2D eigenvalue weighted by Gasteiger charge is -2.21. The quantitative estimate of drug-likeness (QED) is 0.831. The highest BCUT2D eigenvalue weighted by Crippen LogP contribution is 2.21. The van der Waals surface area contributed by atoms with Crippen LogP contribution in [-0.4, -0.2) is 33.4 Å². The number of methoxy groups -OCH3 is 1. The van der Waals surface area contributed by atoms with Gasteiger partial charge in [0.05, 0.1) is 32.6 Å². The van der Waals surface area contributed by atoms with Crippen LogP contribution < -0.4 is 4.74 Å². The monoisotopic (exact) mass is 313 g/mol. The van der Waals surface area contributed by atoms with Crippen LogP contribution in [0.15, 0.2) is 30.6 Å². The molecule has 1 heterocycles. The molecule has 23 heavy (non-hydrogen) atoms. The third kappa shape index (κ3) is 3.96. The average molecular weight is 313 g/mol. The molecule has 0 spiro atoms. The molecule has 1 aromatic carbocycles. The molecule has 120 valence electrons. The van der Waals surface area contributed by atoms with Crippen molar-refractivity contribution in [1.29, 1.82) is 0 Å². The number of hydrogen-bond donors (Lipinski definition) is 1. The number of ketones is 1. The molecule has 0 radical (unpaired) electrons. The number of benzene rings is 1. The number of carbonyl (C=O) groups is 1. The minimum Gasteiger partial charge on any atom is -0.493 e. The Bertz CT molecular complexity index is 757. The largest absolute Gasteiger partial charge is 0.493 e. The van der Waals surface area contributed by atoms with Crippen LogP contribution in [0.5, 0.6) is 5.75 Å². The first kappa shape index (κ1) is 16.7. The Morgan fingerprint density at radius 3 is 2.83 bits per heavy atom. The van der Waals surface area contributed by atoms with Crippen molar-refractivity contribution in [2.45, 2.75) is 32.4 Å². The Labute approximate surface area is 135 Å². The topological polar surface area (TPSA) is 68.7 Å². The van der Waals surface area contributed by atoms with Crippen molar-refractivity contribution in [3.05, 3.63) is 53.1 Å². The van der Waals surface area contributed by atoms with Gasteiger partial charge in [-0.2, -0.15) is 5.10 Å². The van der Waals surface area contributed by atoms with Gasteiger partial charge in [0.1, 0.15) is 5.60 Å². The molecule has 1 atom stereocenters. The molecule has 0 bridgehead atoms. The Kier molecular flexibility index (Phi) is 4.82. The molecular weight excluding hydrogens is 294 g/mol. The standard InChI is InChI=1S/C17H19N3O3/c1-12-7-13(5-6-15(12)18-3)8-16(21)17(2,22)11-20-10-14(23-4)9-19-20/h5-7,9-10,22H,8,11H2,1-2,4H3/t17-/m0/s1. The van der Waals surface area contributed by atoms with E-state index in [1.807, 2.05) is 6.92 Å². The third-order valence-corrected chi connectivity index (χ3v) is 3.66. The van der Waals surface area contributed by atoms with E-state index in [0.29, 0.717) is 11.4 Å². The highest BCUT2D eigenvalue weighted by Gasteiger charge is 2.31. The molecule has 6 heteroatoms. The van der Waals surface area contributed by atoms with E-state index in [-0.39, 0.29) is 18.7 Å². The molecule has 0 saturated carbocycles. The van der Waals surface area contributed by atoms with Crippen molar-refractivity contribution in [2.75, 3.05) is 7.11 Å². The molecule has 0 aliphatic heterocycles. The van der Waals surface area contributed by atoms with Gasteiger partial charge in [-0.1, -0.05) is 18.2 Å². The van der Waals surface area contributed by atoms with E-state index in [1.54, 1.807) is 24.4 Å². The van der Waals surface area contributed by atoms with Crippen LogP contribution in [0.25, 0.3) is 4.85 Å². The maximum atomic E-state index is 12.4. The number of carbonyl (C=O) groups excluding carboxylic acids is 1. The van der Waals surface area contributed by atoms with Crippen molar-refractivity contribution in [1.82, 2.24) is 9.78 Å². The van der Waals surface area contributed by atoms with E-state index in [1.165, 1.54) is 24.9 Å². The van der Waals surface area contributed by atoms with Gasteiger partial charge < -0.3 is 9.84 Å². The van der Waals surface area contributed by atoms with Crippen molar-refractivity contribution >= 4 is 11.5 Å². The normalized spacial score (nSPS) is 13.2. The van der Waals surface area contributed by atoms with Gasteiger partial charge in [0, 0.05) is 6.42 Å². The second-order valence-electron chi connectivity index (χ2n) is 5.68. The molecule has 0 amide bonds. The second-order valence-corrected chi connectivity index (χ2v) is 5.68. The van der Waals surface area contributed by atoms with Gasteiger partial charge in [0.25, 0.3) is 0 Å². The van der Waals surface area contributed by atoms with Gasteiger partial charge in [-0.25, -0.2) is 4.85 Å². The number of rotatable bonds is 6. The first-order chi connectivity index (χ1) is 10.9. The highest BCUT2D eigenvalue weighted by molar-refractivity contribution is 5.88. The fourth-order valence-electron chi connectivity index (χ4n) is 2.27. The number of aliphatic hydroxyl groups is 1. The predicted molar refractivity (Wildman–Crippen MR) is 85.6 cm³/mol. The Morgan fingerprint density at radius 2 is 2.26 bits per heavy atom. The van der Waals surface area contributed by atoms with Gasteiger partial charge in [-0.05, 0) is 25.0 Å². The Hall–Kier alpha value is -2.65. The fraction of sp³-hybridized carbons (Fsp3) is 0.353. The zero-order valence-corrected chi connectivity index (χ0v) is 13.4. The summed E-state index contributed by atoms with van der Waals surface area (Å²) in [5.41, 5.74) is 0.625. The summed E-state index contributed by atoms with van der Waals surface area (Å²) in [6.45, 7) is 10.4. The first-order valence-corrected chi connectivity index (χ1v) is 7.15. The summed E-state index contributed by atoms with van der Waals surface area (Å²) in [5, 5.41) is 14.5. The zero-order valence-electron chi connectivity index (χ0n) is 13.4. The molecule has 0 aliphatic rings. The van der Waals surface area contributed by atoms with Gasteiger partial charge in [-0.3, -0.25) is 9.48 Å². The Balaban J connectivity index is 2.09. The predicted octanol–water partition coefficient (Wildman–Crippen LogP) is 2.31. The maximum absolute atomic E-state index is 12.4. The van der Waals surface area contributed by atoms with Crippen LogP contribution in [0.4, 0.5) is 5.69 Å². The molecule has 0 saturated heterocycles. The van der Waals surface area contributed by atoms with Gasteiger partial charge in [-0.15, -0.1) is 0 Å². The summed E-state index contributed by atoms with van der Waals surface area (Å²) in [6, 6.07) is 5.24. The molecule has 0 unspecified atom stereocenters. The molecule has 2 rings (SSSR count). The summed E-state index contributed by atoms with van der Waals surface area (Å²) < 4.78 is 6.50. The summed E-state index contributed by atoms with van der Waals surface area (Å²) in [5.74, 6) is 0.264. The second kappa shape index (κ2) is 6.63. The first-order valence-electron chi connectivity index (χ1n) is 7.15. The number of ether oxygens (including phenoxy) is 1. The molecule has 2 aromatic rings. The van der Waals surface area contributed by atoms with Crippen molar-refractivity contribution in [3.8, 4) is 5.75 Å². The van der Waals surface area contributed by atoms with E-state index >= 15 is 0 Å². The Morgan fingerprint density at radius 1 is 1.52 bits per heavy atom. The SMILES string of the molecule is [C-]#[N+]c1ccc(CC(=O)[C@@](C)(O)Cn2cc(OC)cn2)cc1C. The van der Waals surface area contributed by atoms with E-state index in [0.717, 1.165) is 11.1 Å². The summed E-state index contributed by atoms with van der Waals surface area (Å²) in [4.78, 5) is 15.8. The number of hydrogen-bond acceptors (Lipinski definition) is 4. The summed E-state index contributed by atoms with van der Waals surface area (Å²) >= 11 is 0. The molecule has 0 fully saturated rings. The van der Waals surface area contributed by atoms with Gasteiger partial charge >= 0.3 is 0 Å². The third-order valence-electron chi connectivity index (χ3n) is 3.66. The zero-order chi connectivity index (χ0) is 17.0.